The largest absolute Gasteiger partial charge is 0.389 e. The summed E-state index contributed by atoms with van der Waals surface area (Å²) in [6.07, 6.45) is 0.533. The third kappa shape index (κ3) is 7.98. The lowest BCUT2D eigenvalue weighted by Gasteiger charge is -2.22. The third-order valence-corrected chi connectivity index (χ3v) is 2.76. The van der Waals surface area contributed by atoms with Crippen LogP contribution >= 0.6 is 0 Å². The van der Waals surface area contributed by atoms with E-state index in [0.717, 1.165) is 13.0 Å². The van der Waals surface area contributed by atoms with Gasteiger partial charge in [0.2, 0.25) is 0 Å². The summed E-state index contributed by atoms with van der Waals surface area (Å²) in [5.41, 5.74) is 2.42. The summed E-state index contributed by atoms with van der Waals surface area (Å²) in [6, 6.07) is 8.51. The Labute approximate surface area is 117 Å². The highest BCUT2D eigenvalue weighted by molar-refractivity contribution is 5.22. The van der Waals surface area contributed by atoms with Crippen LogP contribution in [-0.2, 0) is 11.2 Å². The fourth-order valence-corrected chi connectivity index (χ4v) is 1.77. The smallest absolute Gasteiger partial charge is 0.0897 e. The molecule has 1 unspecified atom stereocenters. The Hall–Kier alpha value is -0.900. The van der Waals surface area contributed by atoms with Crippen molar-refractivity contribution in [1.29, 1.82) is 0 Å². The Bertz CT molecular complexity index is 371. The second-order valence-electron chi connectivity index (χ2n) is 6.02. The first-order valence-corrected chi connectivity index (χ1v) is 6.95. The quantitative estimate of drug-likeness (QED) is 0.743. The molecule has 2 N–H and O–H groups in total. The van der Waals surface area contributed by atoms with Gasteiger partial charge in [0.15, 0.2) is 0 Å². The zero-order chi connectivity index (χ0) is 14.3. The molecule has 1 aromatic rings. The number of aliphatic hydroxyl groups is 1. The molecule has 0 bridgehead atoms. The van der Waals surface area contributed by atoms with Gasteiger partial charge < -0.3 is 15.2 Å². The predicted octanol–water partition coefficient (Wildman–Crippen LogP) is 2.30. The first kappa shape index (κ1) is 16.2. The van der Waals surface area contributed by atoms with Crippen LogP contribution in [-0.4, -0.2) is 36.5 Å². The molecule has 19 heavy (non-hydrogen) atoms. The summed E-state index contributed by atoms with van der Waals surface area (Å²) < 4.78 is 5.53. The minimum atomic E-state index is -0.447. The maximum atomic E-state index is 9.77. The number of rotatable bonds is 7. The maximum absolute atomic E-state index is 9.77. The molecule has 108 valence electrons. The Morgan fingerprint density at radius 2 is 2.05 bits per heavy atom. The van der Waals surface area contributed by atoms with Crippen LogP contribution in [0.1, 0.15) is 31.9 Å². The lowest BCUT2D eigenvalue weighted by atomic mass is 10.1. The lowest BCUT2D eigenvalue weighted by Crippen LogP contribution is -2.34. The number of nitrogens with one attached hydrogen (secondary N) is 1. The fourth-order valence-electron chi connectivity index (χ4n) is 1.77. The van der Waals surface area contributed by atoms with E-state index in [1.807, 2.05) is 20.8 Å². The highest BCUT2D eigenvalue weighted by atomic mass is 16.5. The topological polar surface area (TPSA) is 41.5 Å². The zero-order valence-electron chi connectivity index (χ0n) is 12.6. The van der Waals surface area contributed by atoms with Gasteiger partial charge in [-0.2, -0.15) is 0 Å². The van der Waals surface area contributed by atoms with Crippen LogP contribution in [0.5, 0.6) is 0 Å². The van der Waals surface area contributed by atoms with Crippen LogP contribution in [0.15, 0.2) is 24.3 Å². The standard InChI is InChI=1S/C16H27NO2/c1-13-6-5-7-14(10-13)8-9-17-11-15(18)12-19-16(2,3)4/h5-7,10,15,17-18H,8-9,11-12H2,1-4H3. The van der Waals surface area contributed by atoms with Crippen LogP contribution in [0.25, 0.3) is 0 Å². The Kier molecular flexibility index (Phi) is 6.49. The molecule has 0 aliphatic heterocycles. The van der Waals surface area contributed by atoms with Crippen LogP contribution in [0.3, 0.4) is 0 Å². The summed E-state index contributed by atoms with van der Waals surface area (Å²) in [5.74, 6) is 0. The van der Waals surface area contributed by atoms with Gasteiger partial charge >= 0.3 is 0 Å². The van der Waals surface area contributed by atoms with Gasteiger partial charge in [-0.3, -0.25) is 0 Å². The monoisotopic (exact) mass is 265 g/mol. The van der Waals surface area contributed by atoms with Gasteiger partial charge in [-0.05, 0) is 46.2 Å². The van der Waals surface area contributed by atoms with Crippen molar-refractivity contribution in [1.82, 2.24) is 5.32 Å². The Morgan fingerprint density at radius 3 is 2.68 bits per heavy atom. The van der Waals surface area contributed by atoms with Gasteiger partial charge in [-0.25, -0.2) is 0 Å². The number of ether oxygens (including phenoxy) is 1. The molecule has 0 fully saturated rings. The number of benzene rings is 1. The SMILES string of the molecule is Cc1cccc(CCNCC(O)COC(C)(C)C)c1. The van der Waals surface area contributed by atoms with E-state index in [1.54, 1.807) is 0 Å². The molecule has 0 amide bonds. The average molecular weight is 265 g/mol. The van der Waals surface area contributed by atoms with Gasteiger partial charge in [0, 0.05) is 6.54 Å². The maximum Gasteiger partial charge on any atom is 0.0897 e. The predicted molar refractivity (Wildman–Crippen MR) is 79.5 cm³/mol. The van der Waals surface area contributed by atoms with E-state index in [2.05, 4.69) is 36.5 Å². The van der Waals surface area contributed by atoms with Gasteiger partial charge in [0.25, 0.3) is 0 Å². The molecule has 3 nitrogen and oxygen atoms in total. The molecule has 1 aromatic carbocycles. The van der Waals surface area contributed by atoms with Gasteiger partial charge in [0.1, 0.15) is 0 Å². The molecule has 0 aliphatic carbocycles. The normalized spacial score (nSPS) is 13.5. The molecule has 0 saturated heterocycles. The van der Waals surface area contributed by atoms with Crippen LogP contribution < -0.4 is 5.32 Å². The van der Waals surface area contributed by atoms with E-state index in [-0.39, 0.29) is 5.60 Å². The Balaban J connectivity index is 2.13. The summed E-state index contributed by atoms with van der Waals surface area (Å²) in [6.45, 7) is 9.89. The molecule has 0 aromatic heterocycles. The molecule has 0 aliphatic rings. The molecular formula is C16H27NO2. The molecule has 0 radical (unpaired) electrons. The minimum Gasteiger partial charge on any atom is -0.389 e. The van der Waals surface area contributed by atoms with E-state index in [4.69, 9.17) is 4.74 Å². The summed E-state index contributed by atoms with van der Waals surface area (Å²) in [7, 11) is 0. The summed E-state index contributed by atoms with van der Waals surface area (Å²) in [5, 5.41) is 13.0. The lowest BCUT2D eigenvalue weighted by molar-refractivity contribution is -0.0477. The van der Waals surface area contributed by atoms with Crippen LogP contribution in [0.2, 0.25) is 0 Å². The first-order chi connectivity index (χ1) is 8.87. The summed E-state index contributed by atoms with van der Waals surface area (Å²) >= 11 is 0. The van der Waals surface area contributed by atoms with Crippen LogP contribution in [0.4, 0.5) is 0 Å². The van der Waals surface area contributed by atoms with Crippen molar-refractivity contribution in [2.75, 3.05) is 19.7 Å². The number of aliphatic hydroxyl groups excluding tert-OH is 1. The van der Waals surface area contributed by atoms with Crippen molar-refractivity contribution in [2.45, 2.75) is 45.8 Å². The van der Waals surface area contributed by atoms with Crippen LogP contribution in [0, 0.1) is 6.92 Å². The van der Waals surface area contributed by atoms with Crippen molar-refractivity contribution in [3.8, 4) is 0 Å². The molecule has 0 heterocycles. The van der Waals surface area contributed by atoms with Crippen molar-refractivity contribution < 1.29 is 9.84 Å². The van der Waals surface area contributed by atoms with E-state index < -0.39 is 6.10 Å². The highest BCUT2D eigenvalue weighted by Gasteiger charge is 2.13. The van der Waals surface area contributed by atoms with E-state index >= 15 is 0 Å². The van der Waals surface area contributed by atoms with E-state index in [1.165, 1.54) is 11.1 Å². The second kappa shape index (κ2) is 7.63. The van der Waals surface area contributed by atoms with E-state index in [0.29, 0.717) is 13.2 Å². The van der Waals surface area contributed by atoms with Crippen molar-refractivity contribution in [3.63, 3.8) is 0 Å². The Morgan fingerprint density at radius 1 is 1.32 bits per heavy atom. The number of hydrogen-bond donors (Lipinski definition) is 2. The third-order valence-electron chi connectivity index (χ3n) is 2.76. The molecule has 0 spiro atoms. The fraction of sp³-hybridized carbons (Fsp3) is 0.625. The van der Waals surface area contributed by atoms with Gasteiger partial charge in [-0.15, -0.1) is 0 Å². The molecular weight excluding hydrogens is 238 g/mol. The molecule has 0 saturated carbocycles. The zero-order valence-corrected chi connectivity index (χ0v) is 12.6. The highest BCUT2D eigenvalue weighted by Crippen LogP contribution is 2.07. The van der Waals surface area contributed by atoms with E-state index in [9.17, 15) is 5.11 Å². The van der Waals surface area contributed by atoms with Gasteiger partial charge in [-0.1, -0.05) is 29.8 Å². The van der Waals surface area contributed by atoms with Crippen molar-refractivity contribution in [2.24, 2.45) is 0 Å². The molecule has 3 heteroatoms. The number of aryl methyl sites for hydroxylation is 1. The van der Waals surface area contributed by atoms with Crippen molar-refractivity contribution >= 4 is 0 Å². The first-order valence-electron chi connectivity index (χ1n) is 6.95. The summed E-state index contributed by atoms with van der Waals surface area (Å²) in [4.78, 5) is 0. The second-order valence-corrected chi connectivity index (χ2v) is 6.02. The molecule has 1 atom stereocenters. The molecule has 1 rings (SSSR count). The average Bonchev–Trinajstić information content (AvgIpc) is 2.31. The number of hydrogen-bond acceptors (Lipinski definition) is 3. The minimum absolute atomic E-state index is 0.192. The van der Waals surface area contributed by atoms with Gasteiger partial charge in [0.05, 0.1) is 18.3 Å². The van der Waals surface area contributed by atoms with Crippen molar-refractivity contribution in [3.05, 3.63) is 35.4 Å².